The van der Waals surface area contributed by atoms with E-state index in [1.807, 2.05) is 0 Å². The molecule has 0 saturated carbocycles. The molecular formula is C24H56Cl2Si4. The second kappa shape index (κ2) is 10.8. The standard InChI is InChI=1S/C24H56Cl2Si4/c1-17(2)27(25,18(3)4)29(21(9)10,22(11)12)30(23(13)14,24(15)16)28(26,19(5)6)20(7)8/h17-24H,1-16H3. The molecule has 6 heteroatoms. The van der Waals surface area contributed by atoms with Crippen LogP contribution in [0.15, 0.2) is 0 Å². The Hall–Kier alpha value is 1.45. The molecule has 0 saturated heterocycles. The maximum atomic E-state index is 8.31. The molecule has 0 unspecified atom stereocenters. The van der Waals surface area contributed by atoms with Crippen molar-refractivity contribution in [2.45, 2.75) is 155 Å². The first-order valence-electron chi connectivity index (χ1n) is 12.7. The van der Waals surface area contributed by atoms with E-state index < -0.39 is 28.0 Å². The van der Waals surface area contributed by atoms with Crippen LogP contribution in [0.4, 0.5) is 0 Å². The van der Waals surface area contributed by atoms with Crippen LogP contribution in [0.1, 0.15) is 111 Å². The van der Waals surface area contributed by atoms with Gasteiger partial charge in [0.25, 0.3) is 0 Å². The zero-order chi connectivity index (χ0) is 24.6. The lowest BCUT2D eigenvalue weighted by atomic mass is 10.5. The highest BCUT2D eigenvalue weighted by atomic mass is 35.6. The largest absolute Gasteiger partial charge is 0.170 e. The van der Waals surface area contributed by atoms with E-state index in [2.05, 4.69) is 111 Å². The van der Waals surface area contributed by atoms with Crippen molar-refractivity contribution in [2.24, 2.45) is 0 Å². The Morgan fingerprint density at radius 2 is 0.433 bits per heavy atom. The van der Waals surface area contributed by atoms with E-state index in [1.165, 1.54) is 0 Å². The lowest BCUT2D eigenvalue weighted by Gasteiger charge is -2.70. The Kier molecular flexibility index (Phi) is 11.3. The Bertz CT molecular complexity index is 459. The molecule has 0 aromatic carbocycles. The fourth-order valence-corrected chi connectivity index (χ4v) is 128. The molecule has 0 aliphatic carbocycles. The summed E-state index contributed by atoms with van der Waals surface area (Å²) in [6.07, 6.45) is 0. The van der Waals surface area contributed by atoms with E-state index in [-0.39, 0.29) is 0 Å². The van der Waals surface area contributed by atoms with Crippen molar-refractivity contribution in [1.29, 1.82) is 0 Å². The summed E-state index contributed by atoms with van der Waals surface area (Å²) in [5, 5.41) is 0. The van der Waals surface area contributed by atoms with Crippen molar-refractivity contribution in [2.75, 3.05) is 0 Å². The van der Waals surface area contributed by atoms with E-state index in [1.54, 1.807) is 0 Å². The van der Waals surface area contributed by atoms with Crippen LogP contribution in [0.2, 0.25) is 44.3 Å². The van der Waals surface area contributed by atoms with Crippen LogP contribution < -0.4 is 0 Å². The first-order valence-corrected chi connectivity index (χ1v) is 26.3. The molecule has 0 aromatic heterocycles. The summed E-state index contributed by atoms with van der Waals surface area (Å²) >= 11 is 16.6. The zero-order valence-electron chi connectivity index (χ0n) is 23.4. The molecule has 0 aliphatic heterocycles. The van der Waals surface area contributed by atoms with E-state index >= 15 is 0 Å². The Morgan fingerprint density at radius 1 is 0.300 bits per heavy atom. The van der Waals surface area contributed by atoms with E-state index in [4.69, 9.17) is 22.2 Å². The van der Waals surface area contributed by atoms with Gasteiger partial charge < -0.3 is 0 Å². The number of rotatable bonds is 11. The molecule has 0 amide bonds. The molecule has 0 N–H and O–H groups in total. The average molecular weight is 528 g/mol. The van der Waals surface area contributed by atoms with E-state index in [9.17, 15) is 0 Å². The summed E-state index contributed by atoms with van der Waals surface area (Å²) in [6.45, 7) is 36.0. The second-order valence-corrected chi connectivity index (χ2v) is 51.8. The number of hydrogen-bond acceptors (Lipinski definition) is 0. The lowest BCUT2D eigenvalue weighted by Crippen LogP contribution is -2.90. The maximum absolute atomic E-state index is 8.31. The maximum Gasteiger partial charge on any atom is 0.150 e. The summed E-state index contributed by atoms with van der Waals surface area (Å²) < 4.78 is 0. The minimum atomic E-state index is -2.15. The quantitative estimate of drug-likeness (QED) is 0.185. The van der Waals surface area contributed by atoms with Gasteiger partial charge in [0, 0.05) is 0 Å². The van der Waals surface area contributed by atoms with Gasteiger partial charge in [-0.3, -0.25) is 0 Å². The Balaban J connectivity index is 8.24. The predicted octanol–water partition coefficient (Wildman–Crippen LogP) is 10.8. The molecule has 0 aliphatic rings. The topological polar surface area (TPSA) is 0 Å². The molecule has 182 valence electrons. The molecule has 0 heterocycles. The highest BCUT2D eigenvalue weighted by Crippen LogP contribution is 2.66. The highest BCUT2D eigenvalue weighted by Gasteiger charge is 2.78. The Labute approximate surface area is 204 Å². The summed E-state index contributed by atoms with van der Waals surface area (Å²) in [5.74, 6) is 0. The minimum Gasteiger partial charge on any atom is -0.170 e. The average Bonchev–Trinajstić information content (AvgIpc) is 2.55. The van der Waals surface area contributed by atoms with Crippen molar-refractivity contribution in [3.8, 4) is 0 Å². The van der Waals surface area contributed by atoms with Gasteiger partial charge in [-0.2, -0.15) is 22.2 Å². The van der Waals surface area contributed by atoms with Crippen LogP contribution >= 0.6 is 22.2 Å². The van der Waals surface area contributed by atoms with Crippen LogP contribution in [0.3, 0.4) is 0 Å². The molecule has 0 fully saturated rings. The first-order chi connectivity index (χ1) is 13.3. The predicted molar refractivity (Wildman–Crippen MR) is 156 cm³/mol. The van der Waals surface area contributed by atoms with Crippen molar-refractivity contribution in [3.63, 3.8) is 0 Å². The third-order valence-corrected chi connectivity index (χ3v) is 90.2. The van der Waals surface area contributed by atoms with Crippen molar-refractivity contribution >= 4 is 50.2 Å². The Morgan fingerprint density at radius 3 is 0.500 bits per heavy atom. The molecule has 0 radical (unpaired) electrons. The number of halogens is 2. The minimum absolute atomic E-state index is 0.592. The number of hydrogen-bond donors (Lipinski definition) is 0. The zero-order valence-corrected chi connectivity index (χ0v) is 28.9. The molecule has 0 rings (SSSR count). The van der Waals surface area contributed by atoms with Crippen molar-refractivity contribution in [1.82, 2.24) is 0 Å². The van der Waals surface area contributed by atoms with Gasteiger partial charge in [-0.25, -0.2) is 0 Å². The molecule has 30 heavy (non-hydrogen) atoms. The smallest absolute Gasteiger partial charge is 0.150 e. The monoisotopic (exact) mass is 526 g/mol. The third kappa shape index (κ3) is 4.08. The molecular weight excluding hydrogens is 472 g/mol. The van der Waals surface area contributed by atoms with Crippen molar-refractivity contribution < 1.29 is 0 Å². The van der Waals surface area contributed by atoms with Gasteiger partial charge in [0.05, 0.1) is 14.2 Å². The van der Waals surface area contributed by atoms with Gasteiger partial charge in [0.1, 0.15) is 13.8 Å². The van der Waals surface area contributed by atoms with Crippen LogP contribution in [0.25, 0.3) is 0 Å². The molecule has 0 spiro atoms. The summed E-state index contributed by atoms with van der Waals surface area (Å²) in [6, 6.07) is 0. The van der Waals surface area contributed by atoms with Gasteiger partial charge in [-0.1, -0.05) is 133 Å². The SMILES string of the molecule is CC(C)[Si](Cl)(C(C)C)[Si](C(C)C)(C(C)C)[Si](C(C)C)(C(C)C)[Si](Cl)(C(C)C)C(C)C. The van der Waals surface area contributed by atoms with Crippen LogP contribution in [-0.2, 0) is 0 Å². The van der Waals surface area contributed by atoms with Crippen LogP contribution in [0.5, 0.6) is 0 Å². The van der Waals surface area contributed by atoms with E-state index in [0.717, 1.165) is 0 Å². The van der Waals surface area contributed by atoms with E-state index in [0.29, 0.717) is 44.3 Å². The van der Waals surface area contributed by atoms with Gasteiger partial charge in [-0.05, 0) is 22.2 Å². The molecule has 0 nitrogen and oxygen atoms in total. The van der Waals surface area contributed by atoms with Crippen LogP contribution in [0, 0.1) is 0 Å². The fraction of sp³-hybridized carbons (Fsp3) is 1.00. The summed E-state index contributed by atoms with van der Waals surface area (Å²) in [4.78, 5) is 0. The van der Waals surface area contributed by atoms with Gasteiger partial charge in [0.2, 0.25) is 0 Å². The molecule has 0 aromatic rings. The van der Waals surface area contributed by atoms with Gasteiger partial charge in [-0.15, -0.1) is 0 Å². The normalized spacial score (nSPS) is 15.4. The molecule has 0 bridgehead atoms. The van der Waals surface area contributed by atoms with Crippen molar-refractivity contribution in [3.05, 3.63) is 0 Å². The van der Waals surface area contributed by atoms with Gasteiger partial charge >= 0.3 is 0 Å². The second-order valence-electron chi connectivity index (χ2n) is 12.5. The van der Waals surface area contributed by atoms with Crippen LogP contribution in [-0.4, -0.2) is 28.0 Å². The first kappa shape index (κ1) is 31.4. The lowest BCUT2D eigenvalue weighted by molar-refractivity contribution is 0.858. The summed E-state index contributed by atoms with van der Waals surface area (Å²) in [5.41, 5.74) is 5.11. The summed E-state index contributed by atoms with van der Waals surface area (Å²) in [7, 11) is -4.05. The molecule has 0 atom stereocenters. The van der Waals surface area contributed by atoms with Gasteiger partial charge in [0.15, 0.2) is 0 Å². The third-order valence-electron chi connectivity index (χ3n) is 8.96. The highest BCUT2D eigenvalue weighted by molar-refractivity contribution is 7.94. The fourth-order valence-electron chi connectivity index (χ4n) is 8.89.